The molecule has 0 aliphatic carbocycles. The summed E-state index contributed by atoms with van der Waals surface area (Å²) in [6.45, 7) is 2.80. The number of carbonyl (C=O) groups is 1. The summed E-state index contributed by atoms with van der Waals surface area (Å²) in [5.41, 5.74) is 6.32. The van der Waals surface area contributed by atoms with Crippen LogP contribution >= 0.6 is 11.8 Å². The molecule has 37 heavy (non-hydrogen) atoms. The van der Waals surface area contributed by atoms with E-state index in [1.54, 1.807) is 18.0 Å². The lowest BCUT2D eigenvalue weighted by atomic mass is 10.1. The molecule has 1 amide bonds. The van der Waals surface area contributed by atoms with Gasteiger partial charge < -0.3 is 9.88 Å². The first-order valence-electron chi connectivity index (χ1n) is 12.6. The molecule has 2 heterocycles. The molecule has 6 heteroatoms. The quantitative estimate of drug-likeness (QED) is 0.219. The number of hydrogen-bond donors (Lipinski definition) is 1. The number of pyridine rings is 1. The largest absolute Gasteiger partial charge is 0.350 e. The first-order chi connectivity index (χ1) is 18.2. The highest BCUT2D eigenvalue weighted by Gasteiger charge is 2.13. The van der Waals surface area contributed by atoms with Gasteiger partial charge in [0, 0.05) is 23.6 Å². The van der Waals surface area contributed by atoms with E-state index in [-0.39, 0.29) is 11.9 Å². The smallest absolute Gasteiger partial charge is 0.251 e. The van der Waals surface area contributed by atoms with E-state index in [0.717, 1.165) is 46.9 Å². The fourth-order valence-corrected chi connectivity index (χ4v) is 5.25. The Hall–Kier alpha value is -3.90. The third-order valence-electron chi connectivity index (χ3n) is 6.37. The second kappa shape index (κ2) is 11.9. The van der Waals surface area contributed by atoms with Gasteiger partial charge in [-0.2, -0.15) is 0 Å². The van der Waals surface area contributed by atoms with Crippen LogP contribution in [0.2, 0.25) is 0 Å². The number of fused-ring (bicyclic) bond motifs is 1. The number of benzene rings is 3. The van der Waals surface area contributed by atoms with E-state index in [4.69, 9.17) is 4.98 Å². The predicted molar refractivity (Wildman–Crippen MR) is 151 cm³/mol. The number of nitrogens with one attached hydrogen (secondary N) is 1. The van der Waals surface area contributed by atoms with E-state index in [1.165, 1.54) is 11.1 Å². The van der Waals surface area contributed by atoms with Crippen LogP contribution in [0.1, 0.15) is 40.4 Å². The second-order valence-corrected chi connectivity index (χ2v) is 10.2. The molecule has 5 rings (SSSR count). The summed E-state index contributed by atoms with van der Waals surface area (Å²) in [7, 11) is 0. The molecule has 1 atom stereocenters. The number of hydrogen-bond acceptors (Lipinski definition) is 4. The molecule has 0 saturated carbocycles. The van der Waals surface area contributed by atoms with Gasteiger partial charge in [-0.1, -0.05) is 84.6 Å². The molecule has 3 aromatic carbocycles. The molecular weight excluding hydrogens is 476 g/mol. The van der Waals surface area contributed by atoms with Crippen molar-refractivity contribution in [3.05, 3.63) is 126 Å². The van der Waals surface area contributed by atoms with Gasteiger partial charge in [0.2, 0.25) is 0 Å². The Kier molecular flexibility index (Phi) is 7.96. The highest BCUT2D eigenvalue weighted by Crippen LogP contribution is 2.27. The molecule has 5 aromatic rings. The van der Waals surface area contributed by atoms with Crippen molar-refractivity contribution < 1.29 is 4.79 Å². The number of imidazole rings is 1. The van der Waals surface area contributed by atoms with E-state index >= 15 is 0 Å². The van der Waals surface area contributed by atoms with Crippen molar-refractivity contribution in [2.45, 2.75) is 43.3 Å². The summed E-state index contributed by atoms with van der Waals surface area (Å²) >= 11 is 1.70. The van der Waals surface area contributed by atoms with Crippen LogP contribution in [0.3, 0.4) is 0 Å². The van der Waals surface area contributed by atoms with Crippen LogP contribution in [0.4, 0.5) is 0 Å². The number of thioether (sulfide) groups is 1. The highest BCUT2D eigenvalue weighted by atomic mass is 32.2. The van der Waals surface area contributed by atoms with Crippen molar-refractivity contribution in [1.82, 2.24) is 19.9 Å². The van der Waals surface area contributed by atoms with Crippen LogP contribution < -0.4 is 5.32 Å². The predicted octanol–water partition coefficient (Wildman–Crippen LogP) is 6.52. The second-order valence-electron chi connectivity index (χ2n) is 9.21. The number of rotatable bonds is 10. The SMILES string of the molecule is CC(CCc1ccccc1)NC(=O)c1ccc(CSc2nc3ccncc3n2Cc2ccccc2)cc1. The molecule has 186 valence electrons. The van der Waals surface area contributed by atoms with Crippen LogP contribution in [0.5, 0.6) is 0 Å². The van der Waals surface area contributed by atoms with Crippen LogP contribution in [0.25, 0.3) is 11.0 Å². The Morgan fingerprint density at radius 3 is 2.32 bits per heavy atom. The number of amides is 1. The zero-order valence-corrected chi connectivity index (χ0v) is 21.7. The summed E-state index contributed by atoms with van der Waals surface area (Å²) in [5.74, 6) is 0.734. The Balaban J connectivity index is 1.20. The third kappa shape index (κ3) is 6.46. The molecule has 0 fully saturated rings. The van der Waals surface area contributed by atoms with Crippen molar-refractivity contribution >= 4 is 28.7 Å². The van der Waals surface area contributed by atoms with Gasteiger partial charge in [0.25, 0.3) is 5.91 Å². The van der Waals surface area contributed by atoms with Gasteiger partial charge in [0.05, 0.1) is 23.8 Å². The van der Waals surface area contributed by atoms with Gasteiger partial charge >= 0.3 is 0 Å². The topological polar surface area (TPSA) is 59.8 Å². The summed E-state index contributed by atoms with van der Waals surface area (Å²) < 4.78 is 2.22. The minimum absolute atomic E-state index is 0.0306. The minimum Gasteiger partial charge on any atom is -0.350 e. The van der Waals surface area contributed by atoms with E-state index in [9.17, 15) is 4.79 Å². The Labute approximate surface area is 222 Å². The van der Waals surface area contributed by atoms with Crippen molar-refractivity contribution in [3.63, 3.8) is 0 Å². The van der Waals surface area contributed by atoms with E-state index in [0.29, 0.717) is 5.56 Å². The normalized spacial score (nSPS) is 11.9. The molecule has 1 N–H and O–H groups in total. The van der Waals surface area contributed by atoms with Crippen molar-refractivity contribution in [2.24, 2.45) is 0 Å². The summed E-state index contributed by atoms with van der Waals surface area (Å²) in [6.07, 6.45) is 5.51. The first kappa shape index (κ1) is 24.8. The highest BCUT2D eigenvalue weighted by molar-refractivity contribution is 7.98. The zero-order chi connectivity index (χ0) is 25.5. The summed E-state index contributed by atoms with van der Waals surface area (Å²) in [6, 6.07) is 30.7. The number of aromatic nitrogens is 3. The maximum atomic E-state index is 12.7. The molecule has 5 nitrogen and oxygen atoms in total. The lowest BCUT2D eigenvalue weighted by molar-refractivity contribution is 0.0938. The van der Waals surface area contributed by atoms with Crippen LogP contribution in [0, 0.1) is 0 Å². The van der Waals surface area contributed by atoms with Gasteiger partial charge in [0.1, 0.15) is 0 Å². The summed E-state index contributed by atoms with van der Waals surface area (Å²) in [5, 5.41) is 4.09. The number of carbonyl (C=O) groups excluding carboxylic acids is 1. The van der Waals surface area contributed by atoms with Crippen LogP contribution in [-0.4, -0.2) is 26.5 Å². The fourth-order valence-electron chi connectivity index (χ4n) is 4.28. The Morgan fingerprint density at radius 1 is 0.892 bits per heavy atom. The van der Waals surface area contributed by atoms with Crippen LogP contribution in [0.15, 0.2) is 109 Å². The lowest BCUT2D eigenvalue weighted by Gasteiger charge is -2.14. The van der Waals surface area contributed by atoms with Crippen molar-refractivity contribution in [1.29, 1.82) is 0 Å². The molecule has 2 aromatic heterocycles. The Morgan fingerprint density at radius 2 is 1.59 bits per heavy atom. The number of nitrogens with zero attached hydrogens (tertiary/aromatic N) is 3. The average molecular weight is 507 g/mol. The van der Waals surface area contributed by atoms with Gasteiger partial charge in [0.15, 0.2) is 5.16 Å². The molecular formula is C31H30N4OS. The number of aryl methyl sites for hydroxylation is 1. The van der Waals surface area contributed by atoms with Gasteiger partial charge in [-0.25, -0.2) is 4.98 Å². The molecule has 0 radical (unpaired) electrons. The van der Waals surface area contributed by atoms with Crippen molar-refractivity contribution in [3.8, 4) is 0 Å². The molecule has 0 aliphatic heterocycles. The van der Waals surface area contributed by atoms with Gasteiger partial charge in [-0.15, -0.1) is 0 Å². The lowest BCUT2D eigenvalue weighted by Crippen LogP contribution is -2.32. The van der Waals surface area contributed by atoms with E-state index < -0.39 is 0 Å². The summed E-state index contributed by atoms with van der Waals surface area (Å²) in [4.78, 5) is 21.9. The minimum atomic E-state index is -0.0306. The Bertz CT molecular complexity index is 1450. The van der Waals surface area contributed by atoms with Crippen LogP contribution in [-0.2, 0) is 18.7 Å². The first-order valence-corrected chi connectivity index (χ1v) is 13.5. The standard InChI is InChI=1S/C31H30N4OS/c1-23(12-13-24-8-4-2-5-9-24)33-30(36)27-16-14-26(15-17-27)22-37-31-34-28-18-19-32-20-29(28)35(31)21-25-10-6-3-7-11-25/h2-11,14-20,23H,12-13,21-22H2,1H3,(H,33,36). The average Bonchev–Trinajstić information content (AvgIpc) is 3.29. The molecule has 1 unspecified atom stereocenters. The van der Waals surface area contributed by atoms with E-state index in [2.05, 4.69) is 70.3 Å². The van der Waals surface area contributed by atoms with E-state index in [1.807, 2.05) is 48.7 Å². The molecule has 0 aliphatic rings. The third-order valence-corrected chi connectivity index (χ3v) is 7.42. The maximum Gasteiger partial charge on any atom is 0.251 e. The monoisotopic (exact) mass is 506 g/mol. The maximum absolute atomic E-state index is 12.7. The van der Waals surface area contributed by atoms with Crippen molar-refractivity contribution in [2.75, 3.05) is 0 Å². The molecule has 0 spiro atoms. The molecule has 0 saturated heterocycles. The molecule has 0 bridgehead atoms. The fraction of sp³-hybridized carbons (Fsp3) is 0.194. The van der Waals surface area contributed by atoms with Gasteiger partial charge in [-0.3, -0.25) is 9.78 Å². The van der Waals surface area contributed by atoms with Gasteiger partial charge in [-0.05, 0) is 54.7 Å². The zero-order valence-electron chi connectivity index (χ0n) is 20.9.